The van der Waals surface area contributed by atoms with E-state index in [0.29, 0.717) is 0 Å². The number of aryl methyl sites for hydroxylation is 2. The van der Waals surface area contributed by atoms with Gasteiger partial charge < -0.3 is 5.41 Å². The number of nitrogens with one attached hydrogen (secondary N) is 2. The molecule has 0 aliphatic carbocycles. The van der Waals surface area contributed by atoms with Crippen molar-refractivity contribution in [3.63, 3.8) is 0 Å². The molecule has 0 bridgehead atoms. The van der Waals surface area contributed by atoms with Crippen LogP contribution in [0.25, 0.3) is 76.7 Å². The zero-order valence-corrected chi connectivity index (χ0v) is 33.9. The average molecular weight is 775 g/mol. The van der Waals surface area contributed by atoms with Crippen molar-refractivity contribution in [2.45, 2.75) is 13.8 Å². The molecule has 2 N–H and O–H groups in total. The van der Waals surface area contributed by atoms with Gasteiger partial charge in [0, 0.05) is 21.9 Å². The molecular weight excluding hydrogens is 729 g/mol. The Bertz CT molecular complexity index is 3060. The molecule has 0 spiro atoms. The number of nitrogens with zero attached hydrogens (tertiary/aromatic N) is 2. The molecule has 0 radical (unpaired) electrons. The number of aromatic nitrogens is 1. The van der Waals surface area contributed by atoms with E-state index >= 15 is 0 Å². The molecule has 9 aromatic carbocycles. The first-order valence-electron chi connectivity index (χ1n) is 19.9. The summed E-state index contributed by atoms with van der Waals surface area (Å²) in [6.45, 7) is 10.0. The molecule has 60 heavy (non-hydrogen) atoms. The Hall–Kier alpha value is -7.82. The Balaban J connectivity index is 0.000000237. The van der Waals surface area contributed by atoms with Crippen molar-refractivity contribution >= 4 is 62.5 Å². The number of amidine groups is 1. The fourth-order valence-electron chi connectivity index (χ4n) is 7.56. The number of benzene rings is 9. The standard InChI is InChI=1S/C40H27N.C8H8N2.C7H8.CH3N/c1-26-22-30(24-31(23-26)38-25-29-10-2-3-11-32(29)33-12-4-5-13-34(33)38)27-18-20-28(21-19-27)40-37-16-7-6-14-35(37)36-15-8-9-17-39(36)41-40;1-10-8(9)7-5-3-2-4-6-7;1-7-5-3-2-4-6-7;1-2/h2-25H,1H3;2-6,9H,1H2;2-6H,1H3;2H,1H2. The molecular formula is C56H46N4. The van der Waals surface area contributed by atoms with Gasteiger partial charge in [-0.05, 0) is 100 Å². The first-order chi connectivity index (χ1) is 29.5. The van der Waals surface area contributed by atoms with Gasteiger partial charge in [0.15, 0.2) is 5.84 Å². The van der Waals surface area contributed by atoms with Gasteiger partial charge in [-0.15, -0.1) is 0 Å². The van der Waals surface area contributed by atoms with Crippen LogP contribution >= 0.6 is 0 Å². The molecule has 0 aliphatic heterocycles. The lowest BCUT2D eigenvalue weighted by atomic mass is 9.90. The maximum atomic E-state index is 7.25. The van der Waals surface area contributed by atoms with Crippen molar-refractivity contribution in [1.29, 1.82) is 10.8 Å². The lowest BCUT2D eigenvalue weighted by Gasteiger charge is -2.14. The molecule has 0 fully saturated rings. The maximum absolute atomic E-state index is 7.25. The van der Waals surface area contributed by atoms with Crippen LogP contribution in [0.15, 0.2) is 211 Å². The second-order valence-electron chi connectivity index (χ2n) is 14.4. The van der Waals surface area contributed by atoms with Crippen LogP contribution in [-0.4, -0.2) is 24.3 Å². The highest BCUT2D eigenvalue weighted by atomic mass is 14.8. The van der Waals surface area contributed by atoms with Gasteiger partial charge >= 0.3 is 0 Å². The first kappa shape index (κ1) is 40.4. The van der Waals surface area contributed by atoms with Crippen LogP contribution in [0.4, 0.5) is 0 Å². The largest absolute Gasteiger partial charge is 0.317 e. The van der Waals surface area contributed by atoms with Crippen molar-refractivity contribution in [2.75, 3.05) is 0 Å². The van der Waals surface area contributed by atoms with Crippen LogP contribution in [0.3, 0.4) is 0 Å². The zero-order valence-electron chi connectivity index (χ0n) is 33.9. The minimum atomic E-state index is 0.223. The van der Waals surface area contributed by atoms with Crippen molar-refractivity contribution in [2.24, 2.45) is 4.99 Å². The summed E-state index contributed by atoms with van der Waals surface area (Å²) in [5.74, 6) is 0.223. The summed E-state index contributed by atoms with van der Waals surface area (Å²) in [7, 11) is 0. The second kappa shape index (κ2) is 19.1. The summed E-state index contributed by atoms with van der Waals surface area (Å²) >= 11 is 0. The van der Waals surface area contributed by atoms with Gasteiger partial charge in [-0.1, -0.05) is 194 Å². The number of aliphatic imine (C=N–C) groups is 1. The normalized spacial score (nSPS) is 10.4. The Morgan fingerprint density at radius 1 is 0.433 bits per heavy atom. The van der Waals surface area contributed by atoms with Gasteiger partial charge in [-0.3, -0.25) is 5.41 Å². The fourth-order valence-corrected chi connectivity index (χ4v) is 7.56. The highest BCUT2D eigenvalue weighted by molar-refractivity contribution is 6.14. The maximum Gasteiger partial charge on any atom is 0.151 e. The molecule has 0 saturated carbocycles. The molecule has 0 aliphatic rings. The van der Waals surface area contributed by atoms with Gasteiger partial charge in [-0.2, -0.15) is 0 Å². The van der Waals surface area contributed by atoms with Crippen LogP contribution in [0, 0.1) is 24.7 Å². The number of para-hydroxylation sites is 1. The summed E-state index contributed by atoms with van der Waals surface area (Å²) < 4.78 is 0. The Kier molecular flexibility index (Phi) is 12.8. The third kappa shape index (κ3) is 8.99. The van der Waals surface area contributed by atoms with Gasteiger partial charge in [-0.25, -0.2) is 9.98 Å². The molecule has 10 aromatic rings. The SMILES string of the molecule is C=N.C=NC(=N)c1ccccc1.Cc1cc(-c2ccc(-c3nc4ccccc4c4ccccc34)cc2)cc(-c2cc3ccccc3c3ccccc23)c1.Cc1ccccc1. The summed E-state index contributed by atoms with van der Waals surface area (Å²) in [6.07, 6.45) is 0. The van der Waals surface area contributed by atoms with E-state index in [-0.39, 0.29) is 5.84 Å². The molecule has 10 rings (SSSR count). The van der Waals surface area contributed by atoms with Gasteiger partial charge in [0.2, 0.25) is 0 Å². The molecule has 290 valence electrons. The van der Waals surface area contributed by atoms with Crippen LogP contribution in [0.1, 0.15) is 16.7 Å². The fraction of sp³-hybridized carbons (Fsp3) is 0.0357. The van der Waals surface area contributed by atoms with E-state index in [9.17, 15) is 0 Å². The van der Waals surface area contributed by atoms with Crippen molar-refractivity contribution in [3.05, 3.63) is 223 Å². The number of rotatable bonds is 4. The molecule has 1 heterocycles. The van der Waals surface area contributed by atoms with E-state index in [0.717, 1.165) is 22.3 Å². The number of pyridine rings is 1. The van der Waals surface area contributed by atoms with E-state index in [4.69, 9.17) is 15.8 Å². The minimum absolute atomic E-state index is 0.223. The van der Waals surface area contributed by atoms with Crippen molar-refractivity contribution in [3.8, 4) is 33.5 Å². The third-order valence-electron chi connectivity index (χ3n) is 10.4. The Morgan fingerprint density at radius 3 is 1.57 bits per heavy atom. The van der Waals surface area contributed by atoms with Crippen molar-refractivity contribution < 1.29 is 0 Å². The molecule has 0 saturated heterocycles. The Labute approximate surface area is 352 Å². The topological polar surface area (TPSA) is 73.0 Å². The Morgan fingerprint density at radius 2 is 0.933 bits per heavy atom. The van der Waals surface area contributed by atoms with Crippen LogP contribution in [0.2, 0.25) is 0 Å². The second-order valence-corrected chi connectivity index (χ2v) is 14.4. The molecule has 0 unspecified atom stereocenters. The molecule has 0 atom stereocenters. The average Bonchev–Trinajstić information content (AvgIpc) is 3.32. The monoisotopic (exact) mass is 774 g/mol. The highest BCUT2D eigenvalue weighted by Crippen LogP contribution is 2.38. The molecule has 4 nitrogen and oxygen atoms in total. The molecule has 0 amide bonds. The zero-order chi connectivity index (χ0) is 41.8. The van der Waals surface area contributed by atoms with Gasteiger partial charge in [0.05, 0.1) is 11.2 Å². The lowest BCUT2D eigenvalue weighted by molar-refractivity contribution is 1.42. The summed E-state index contributed by atoms with van der Waals surface area (Å²) in [6, 6.07) is 72.2. The van der Waals surface area contributed by atoms with Gasteiger partial charge in [0.1, 0.15) is 0 Å². The van der Waals surface area contributed by atoms with E-state index in [2.05, 4.69) is 190 Å². The van der Waals surface area contributed by atoms with Crippen LogP contribution in [-0.2, 0) is 0 Å². The summed E-state index contributed by atoms with van der Waals surface area (Å²) in [4.78, 5) is 8.59. The molecule has 4 heteroatoms. The summed E-state index contributed by atoms with van der Waals surface area (Å²) in [5.41, 5.74) is 11.5. The van der Waals surface area contributed by atoms with Crippen LogP contribution in [0.5, 0.6) is 0 Å². The number of hydrogen-bond acceptors (Lipinski definition) is 3. The lowest BCUT2D eigenvalue weighted by Crippen LogP contribution is -1.91. The minimum Gasteiger partial charge on any atom is -0.317 e. The number of hydrogen-bond donors (Lipinski definition) is 2. The molecule has 1 aromatic heterocycles. The smallest absolute Gasteiger partial charge is 0.151 e. The van der Waals surface area contributed by atoms with E-state index < -0.39 is 0 Å². The predicted molar refractivity (Wildman–Crippen MR) is 259 cm³/mol. The third-order valence-corrected chi connectivity index (χ3v) is 10.4. The number of fused-ring (bicyclic) bond motifs is 6. The van der Waals surface area contributed by atoms with E-state index in [1.165, 1.54) is 71.1 Å². The quantitative estimate of drug-likeness (QED) is 0.104. The summed E-state index contributed by atoms with van der Waals surface area (Å²) in [5, 5.41) is 21.5. The van der Waals surface area contributed by atoms with Crippen molar-refractivity contribution in [1.82, 2.24) is 4.98 Å². The van der Waals surface area contributed by atoms with E-state index in [1.807, 2.05) is 48.5 Å². The van der Waals surface area contributed by atoms with Crippen LogP contribution < -0.4 is 0 Å². The van der Waals surface area contributed by atoms with E-state index in [1.54, 1.807) is 0 Å². The predicted octanol–water partition coefficient (Wildman–Crippen LogP) is 15.0. The highest BCUT2D eigenvalue weighted by Gasteiger charge is 2.13. The first-order valence-corrected chi connectivity index (χ1v) is 19.9. The van der Waals surface area contributed by atoms with Gasteiger partial charge in [0.25, 0.3) is 0 Å².